The zero-order valence-electron chi connectivity index (χ0n) is 5.91. The number of hydrogen-bond donors (Lipinski definition) is 1. The van der Waals surface area contributed by atoms with Crippen molar-refractivity contribution >= 4 is 11.9 Å². The van der Waals surface area contributed by atoms with E-state index < -0.39 is 12.0 Å². The van der Waals surface area contributed by atoms with E-state index in [4.69, 9.17) is 5.73 Å². The lowest BCUT2D eigenvalue weighted by atomic mass is 10.2. The van der Waals surface area contributed by atoms with Crippen molar-refractivity contribution in [1.29, 1.82) is 0 Å². The lowest BCUT2D eigenvalue weighted by Gasteiger charge is -2.14. The standard InChI is InChI=1S/C6H9NO4/c7-4-1-2-5(8)10-3-11-6(4)9/h4H,1-3,7H2/t4-/m0/s1. The molecule has 1 atom stereocenters. The first-order valence-corrected chi connectivity index (χ1v) is 3.28. The first-order chi connectivity index (χ1) is 5.20. The van der Waals surface area contributed by atoms with Crippen molar-refractivity contribution in [3.05, 3.63) is 0 Å². The maximum Gasteiger partial charge on any atom is 0.325 e. The van der Waals surface area contributed by atoms with E-state index in [0.29, 0.717) is 0 Å². The number of ether oxygens (including phenoxy) is 2. The average Bonchev–Trinajstić information content (AvgIpc) is 1.98. The Kier molecular flexibility index (Phi) is 2.43. The predicted molar refractivity (Wildman–Crippen MR) is 34.3 cm³/mol. The molecule has 5 heteroatoms. The van der Waals surface area contributed by atoms with Crippen LogP contribution in [0.15, 0.2) is 0 Å². The van der Waals surface area contributed by atoms with Crippen molar-refractivity contribution in [2.24, 2.45) is 5.73 Å². The van der Waals surface area contributed by atoms with Gasteiger partial charge in [-0.25, -0.2) is 0 Å². The number of esters is 2. The van der Waals surface area contributed by atoms with Crippen molar-refractivity contribution in [2.45, 2.75) is 18.9 Å². The number of nitrogens with two attached hydrogens (primary N) is 1. The van der Waals surface area contributed by atoms with Gasteiger partial charge >= 0.3 is 11.9 Å². The van der Waals surface area contributed by atoms with Crippen molar-refractivity contribution in [3.8, 4) is 0 Å². The number of carbonyl (C=O) groups excluding carboxylic acids is 2. The minimum absolute atomic E-state index is 0.177. The van der Waals surface area contributed by atoms with Crippen LogP contribution in [0.3, 0.4) is 0 Å². The van der Waals surface area contributed by atoms with Crippen LogP contribution in [0.1, 0.15) is 12.8 Å². The molecule has 1 aliphatic rings. The zero-order chi connectivity index (χ0) is 8.27. The SMILES string of the molecule is N[C@H]1CCC(=O)OCOC1=O. The van der Waals surface area contributed by atoms with Gasteiger partial charge in [0.25, 0.3) is 0 Å². The molecule has 0 aromatic rings. The molecule has 0 aromatic heterocycles. The van der Waals surface area contributed by atoms with Crippen LogP contribution in [0.25, 0.3) is 0 Å². The van der Waals surface area contributed by atoms with E-state index >= 15 is 0 Å². The molecule has 0 radical (unpaired) electrons. The third-order valence-corrected chi connectivity index (χ3v) is 1.38. The molecular weight excluding hydrogens is 150 g/mol. The van der Waals surface area contributed by atoms with Crippen molar-refractivity contribution < 1.29 is 19.1 Å². The molecular formula is C6H9NO4. The van der Waals surface area contributed by atoms with Gasteiger partial charge in [-0.1, -0.05) is 0 Å². The highest BCUT2D eigenvalue weighted by molar-refractivity contribution is 5.78. The second-order valence-corrected chi connectivity index (χ2v) is 2.24. The number of carbonyl (C=O) groups is 2. The molecule has 62 valence electrons. The Balaban J connectivity index is 2.47. The maximum absolute atomic E-state index is 10.7. The van der Waals surface area contributed by atoms with Crippen LogP contribution in [0.5, 0.6) is 0 Å². The number of hydrogen-bond acceptors (Lipinski definition) is 5. The van der Waals surface area contributed by atoms with Crippen molar-refractivity contribution in [3.63, 3.8) is 0 Å². The molecule has 0 aliphatic carbocycles. The minimum Gasteiger partial charge on any atom is -0.428 e. The van der Waals surface area contributed by atoms with Crippen molar-refractivity contribution in [2.75, 3.05) is 6.79 Å². The Morgan fingerprint density at radius 1 is 1.36 bits per heavy atom. The van der Waals surface area contributed by atoms with Crippen LogP contribution in [0.2, 0.25) is 0 Å². The summed E-state index contributed by atoms with van der Waals surface area (Å²) >= 11 is 0. The molecule has 0 saturated carbocycles. The summed E-state index contributed by atoms with van der Waals surface area (Å²) < 4.78 is 8.92. The maximum atomic E-state index is 10.7. The fraction of sp³-hybridized carbons (Fsp3) is 0.667. The lowest BCUT2D eigenvalue weighted by Crippen LogP contribution is -2.35. The predicted octanol–water partition coefficient (Wildman–Crippen LogP) is -0.849. The molecule has 1 fully saturated rings. The quantitative estimate of drug-likeness (QED) is 0.466. The van der Waals surface area contributed by atoms with Crippen LogP contribution in [0.4, 0.5) is 0 Å². The molecule has 2 N–H and O–H groups in total. The van der Waals surface area contributed by atoms with Crippen LogP contribution >= 0.6 is 0 Å². The Bertz CT molecular complexity index is 179. The number of cyclic esters (lactones) is 2. The molecule has 1 rings (SSSR count). The van der Waals surface area contributed by atoms with Crippen LogP contribution in [-0.2, 0) is 19.1 Å². The molecule has 0 bridgehead atoms. The van der Waals surface area contributed by atoms with E-state index in [1.165, 1.54) is 0 Å². The van der Waals surface area contributed by atoms with Gasteiger partial charge in [0.05, 0.1) is 0 Å². The van der Waals surface area contributed by atoms with Gasteiger partial charge in [-0.15, -0.1) is 0 Å². The summed E-state index contributed by atoms with van der Waals surface area (Å²) in [4.78, 5) is 21.4. The second-order valence-electron chi connectivity index (χ2n) is 2.24. The Morgan fingerprint density at radius 2 is 2.09 bits per heavy atom. The molecule has 11 heavy (non-hydrogen) atoms. The van der Waals surface area contributed by atoms with Gasteiger partial charge in [0, 0.05) is 6.42 Å². The summed E-state index contributed by atoms with van der Waals surface area (Å²) in [5.74, 6) is -0.898. The van der Waals surface area contributed by atoms with Gasteiger partial charge in [-0.3, -0.25) is 9.59 Å². The average molecular weight is 159 g/mol. The van der Waals surface area contributed by atoms with E-state index in [2.05, 4.69) is 9.47 Å². The second kappa shape index (κ2) is 3.34. The molecule has 1 saturated heterocycles. The van der Waals surface area contributed by atoms with Gasteiger partial charge in [-0.2, -0.15) is 0 Å². The molecule has 1 heterocycles. The summed E-state index contributed by atoms with van der Waals surface area (Å²) in [6.45, 7) is -0.314. The third kappa shape index (κ3) is 2.19. The van der Waals surface area contributed by atoms with Gasteiger partial charge in [0.15, 0.2) is 0 Å². The fourth-order valence-corrected chi connectivity index (χ4v) is 0.724. The molecule has 0 unspecified atom stereocenters. The monoisotopic (exact) mass is 159 g/mol. The van der Waals surface area contributed by atoms with Gasteiger partial charge in [-0.05, 0) is 6.42 Å². The molecule has 0 amide bonds. The molecule has 0 spiro atoms. The van der Waals surface area contributed by atoms with Gasteiger partial charge in [0.1, 0.15) is 6.04 Å². The first-order valence-electron chi connectivity index (χ1n) is 3.28. The highest BCUT2D eigenvalue weighted by Gasteiger charge is 2.20. The summed E-state index contributed by atoms with van der Waals surface area (Å²) in [7, 11) is 0. The summed E-state index contributed by atoms with van der Waals surface area (Å²) in [5.41, 5.74) is 5.33. The Hall–Kier alpha value is -1.10. The van der Waals surface area contributed by atoms with E-state index in [-0.39, 0.29) is 25.6 Å². The molecule has 1 aliphatic heterocycles. The van der Waals surface area contributed by atoms with E-state index in [1.54, 1.807) is 0 Å². The molecule has 5 nitrogen and oxygen atoms in total. The van der Waals surface area contributed by atoms with E-state index in [0.717, 1.165) is 0 Å². The smallest absolute Gasteiger partial charge is 0.325 e. The summed E-state index contributed by atoms with van der Waals surface area (Å²) in [6.07, 6.45) is 0.466. The van der Waals surface area contributed by atoms with E-state index in [9.17, 15) is 9.59 Å². The summed E-state index contributed by atoms with van der Waals surface area (Å²) in [6, 6.07) is -0.692. The topological polar surface area (TPSA) is 78.6 Å². The zero-order valence-corrected chi connectivity index (χ0v) is 5.91. The van der Waals surface area contributed by atoms with Crippen LogP contribution in [-0.4, -0.2) is 24.8 Å². The fourth-order valence-electron chi connectivity index (χ4n) is 0.724. The van der Waals surface area contributed by atoms with Crippen molar-refractivity contribution in [1.82, 2.24) is 0 Å². The Morgan fingerprint density at radius 3 is 2.82 bits per heavy atom. The van der Waals surface area contributed by atoms with Gasteiger partial charge in [0.2, 0.25) is 6.79 Å². The van der Waals surface area contributed by atoms with Crippen LogP contribution < -0.4 is 5.73 Å². The first kappa shape index (κ1) is 8.00. The normalized spacial score (nSPS) is 26.5. The van der Waals surface area contributed by atoms with Gasteiger partial charge < -0.3 is 15.2 Å². The van der Waals surface area contributed by atoms with E-state index in [1.807, 2.05) is 0 Å². The summed E-state index contributed by atoms with van der Waals surface area (Å²) in [5, 5.41) is 0. The highest BCUT2D eigenvalue weighted by Crippen LogP contribution is 2.02. The lowest BCUT2D eigenvalue weighted by molar-refractivity contribution is -0.171. The number of rotatable bonds is 0. The van der Waals surface area contributed by atoms with Crippen LogP contribution in [0, 0.1) is 0 Å². The third-order valence-electron chi connectivity index (χ3n) is 1.38. The highest BCUT2D eigenvalue weighted by atomic mass is 16.7. The minimum atomic E-state index is -0.692. The molecule has 0 aromatic carbocycles. The largest absolute Gasteiger partial charge is 0.428 e. The Labute approximate surface area is 63.4 Å².